The van der Waals surface area contributed by atoms with Gasteiger partial charge in [-0.2, -0.15) is 5.10 Å². The Morgan fingerprint density at radius 1 is 1.29 bits per heavy atom. The summed E-state index contributed by atoms with van der Waals surface area (Å²) in [4.78, 5) is 12.1. The Balaban J connectivity index is 1.96. The fraction of sp³-hybridized carbons (Fsp3) is 0.412. The molecule has 21 heavy (non-hydrogen) atoms. The van der Waals surface area contributed by atoms with Crippen LogP contribution in [0.4, 0.5) is 5.69 Å². The van der Waals surface area contributed by atoms with Gasteiger partial charge in [0.25, 0.3) is 0 Å². The molecule has 1 N–H and O–H groups in total. The number of hydrogen-bond donors (Lipinski definition) is 1. The zero-order valence-corrected chi connectivity index (χ0v) is 13.1. The quantitative estimate of drug-likeness (QED) is 0.926. The van der Waals surface area contributed by atoms with E-state index < -0.39 is 0 Å². The predicted molar refractivity (Wildman–Crippen MR) is 85.4 cm³/mol. The van der Waals surface area contributed by atoms with Crippen molar-refractivity contribution in [3.63, 3.8) is 0 Å². The molecule has 4 heteroatoms. The summed E-state index contributed by atoms with van der Waals surface area (Å²) in [7, 11) is 0. The maximum Gasteiger partial charge on any atom is 0.224 e. The lowest BCUT2D eigenvalue weighted by molar-refractivity contribution is -0.117. The van der Waals surface area contributed by atoms with E-state index in [9.17, 15) is 4.79 Å². The summed E-state index contributed by atoms with van der Waals surface area (Å²) >= 11 is 0. The molecule has 1 aromatic carbocycles. The Morgan fingerprint density at radius 3 is 2.48 bits per heavy atom. The van der Waals surface area contributed by atoms with Gasteiger partial charge in [0.1, 0.15) is 0 Å². The van der Waals surface area contributed by atoms with Gasteiger partial charge in [0.2, 0.25) is 5.91 Å². The molecule has 2 aromatic rings. The first-order chi connectivity index (χ1) is 9.86. The molecule has 112 valence electrons. The van der Waals surface area contributed by atoms with Crippen LogP contribution in [-0.2, 0) is 4.79 Å². The van der Waals surface area contributed by atoms with Gasteiger partial charge in [0.05, 0.1) is 5.69 Å². The second-order valence-corrected chi connectivity index (χ2v) is 6.52. The maximum absolute atomic E-state index is 12.1. The monoisotopic (exact) mass is 285 g/mol. The van der Waals surface area contributed by atoms with Crippen LogP contribution in [-0.4, -0.2) is 15.7 Å². The Hall–Kier alpha value is -2.10. The number of carbonyl (C=O) groups is 1. The molecule has 0 saturated heterocycles. The molecule has 1 atom stereocenters. The van der Waals surface area contributed by atoms with Crippen molar-refractivity contribution in [1.29, 1.82) is 0 Å². The van der Waals surface area contributed by atoms with Crippen molar-refractivity contribution in [2.24, 2.45) is 11.3 Å². The van der Waals surface area contributed by atoms with Crippen molar-refractivity contribution in [2.75, 3.05) is 5.32 Å². The number of carbonyl (C=O) groups excluding carboxylic acids is 1. The van der Waals surface area contributed by atoms with Gasteiger partial charge < -0.3 is 5.32 Å². The van der Waals surface area contributed by atoms with Crippen molar-refractivity contribution < 1.29 is 4.79 Å². The predicted octanol–water partition coefficient (Wildman–Crippen LogP) is 3.88. The van der Waals surface area contributed by atoms with E-state index in [-0.39, 0.29) is 11.3 Å². The maximum atomic E-state index is 12.1. The molecular weight excluding hydrogens is 262 g/mol. The Kier molecular flexibility index (Phi) is 4.46. The van der Waals surface area contributed by atoms with E-state index in [1.165, 1.54) is 0 Å². The van der Waals surface area contributed by atoms with E-state index in [1.807, 2.05) is 36.5 Å². The van der Waals surface area contributed by atoms with Crippen molar-refractivity contribution in [1.82, 2.24) is 9.78 Å². The van der Waals surface area contributed by atoms with E-state index in [4.69, 9.17) is 0 Å². The summed E-state index contributed by atoms with van der Waals surface area (Å²) in [5, 5.41) is 7.12. The van der Waals surface area contributed by atoms with Crippen molar-refractivity contribution in [2.45, 2.75) is 34.1 Å². The fourth-order valence-electron chi connectivity index (χ4n) is 1.92. The molecular formula is C17H23N3O. The molecule has 1 unspecified atom stereocenters. The van der Waals surface area contributed by atoms with Crippen LogP contribution in [0, 0.1) is 11.3 Å². The average molecular weight is 285 g/mol. The topological polar surface area (TPSA) is 46.9 Å². The molecule has 2 rings (SSSR count). The summed E-state index contributed by atoms with van der Waals surface area (Å²) < 4.78 is 1.78. The third-order valence-corrected chi connectivity index (χ3v) is 3.89. The van der Waals surface area contributed by atoms with Crippen LogP contribution in [0.5, 0.6) is 0 Å². The van der Waals surface area contributed by atoms with E-state index in [0.717, 1.165) is 11.4 Å². The number of hydrogen-bond acceptors (Lipinski definition) is 2. The highest BCUT2D eigenvalue weighted by Gasteiger charge is 2.22. The lowest BCUT2D eigenvalue weighted by atomic mass is 9.80. The van der Waals surface area contributed by atoms with Crippen LogP contribution in [0.3, 0.4) is 0 Å². The highest BCUT2D eigenvalue weighted by atomic mass is 16.1. The normalized spacial score (nSPS) is 13.0. The van der Waals surface area contributed by atoms with Gasteiger partial charge in [-0.05, 0) is 41.7 Å². The number of rotatable bonds is 4. The third kappa shape index (κ3) is 4.18. The SMILES string of the molecule is CC(CC(=O)Nc1ccc(-n2cccn2)cc1)C(C)(C)C. The largest absolute Gasteiger partial charge is 0.326 e. The Bertz CT molecular complexity index is 579. The second-order valence-electron chi connectivity index (χ2n) is 6.52. The van der Waals surface area contributed by atoms with Crippen molar-refractivity contribution in [3.05, 3.63) is 42.7 Å². The van der Waals surface area contributed by atoms with Crippen LogP contribution in [0.25, 0.3) is 5.69 Å². The minimum atomic E-state index is 0.0595. The Labute approximate surface area is 126 Å². The first-order valence-electron chi connectivity index (χ1n) is 7.26. The number of nitrogens with zero attached hydrogens (tertiary/aromatic N) is 2. The van der Waals surface area contributed by atoms with E-state index in [1.54, 1.807) is 10.9 Å². The van der Waals surface area contributed by atoms with E-state index in [0.29, 0.717) is 12.3 Å². The smallest absolute Gasteiger partial charge is 0.224 e. The third-order valence-electron chi connectivity index (χ3n) is 3.89. The minimum Gasteiger partial charge on any atom is -0.326 e. The molecule has 0 radical (unpaired) electrons. The first-order valence-corrected chi connectivity index (χ1v) is 7.26. The number of benzene rings is 1. The number of nitrogens with one attached hydrogen (secondary N) is 1. The summed E-state index contributed by atoms with van der Waals surface area (Å²) in [5.41, 5.74) is 1.93. The first kappa shape index (κ1) is 15.3. The minimum absolute atomic E-state index is 0.0595. The van der Waals surface area contributed by atoms with Crippen LogP contribution in [0.2, 0.25) is 0 Å². The molecule has 0 saturated carbocycles. The van der Waals surface area contributed by atoms with Gasteiger partial charge in [-0.3, -0.25) is 4.79 Å². The molecule has 0 bridgehead atoms. The van der Waals surface area contributed by atoms with E-state index in [2.05, 4.69) is 38.1 Å². The van der Waals surface area contributed by atoms with E-state index >= 15 is 0 Å². The highest BCUT2D eigenvalue weighted by molar-refractivity contribution is 5.90. The molecule has 0 fully saturated rings. The summed E-state index contributed by atoms with van der Waals surface area (Å²) in [6, 6.07) is 9.56. The lowest BCUT2D eigenvalue weighted by Crippen LogP contribution is -2.23. The van der Waals surface area contributed by atoms with Gasteiger partial charge in [-0.1, -0.05) is 27.7 Å². The van der Waals surface area contributed by atoms with Gasteiger partial charge in [0.15, 0.2) is 0 Å². The summed E-state index contributed by atoms with van der Waals surface area (Å²) in [5.74, 6) is 0.394. The average Bonchev–Trinajstić information content (AvgIpc) is 2.92. The van der Waals surface area contributed by atoms with Gasteiger partial charge in [0, 0.05) is 24.5 Å². The zero-order valence-electron chi connectivity index (χ0n) is 13.1. The van der Waals surface area contributed by atoms with Gasteiger partial charge in [-0.25, -0.2) is 4.68 Å². The number of amides is 1. The summed E-state index contributed by atoms with van der Waals surface area (Å²) in [6.45, 7) is 8.58. The molecule has 1 aromatic heterocycles. The summed E-state index contributed by atoms with van der Waals surface area (Å²) in [6.07, 6.45) is 4.16. The second kappa shape index (κ2) is 6.12. The van der Waals surface area contributed by atoms with Gasteiger partial charge >= 0.3 is 0 Å². The number of anilines is 1. The zero-order chi connectivity index (χ0) is 15.5. The molecule has 1 heterocycles. The fourth-order valence-corrected chi connectivity index (χ4v) is 1.92. The van der Waals surface area contributed by atoms with Crippen LogP contribution in [0.1, 0.15) is 34.1 Å². The van der Waals surface area contributed by atoms with Crippen molar-refractivity contribution in [3.8, 4) is 5.69 Å². The highest BCUT2D eigenvalue weighted by Crippen LogP contribution is 2.28. The standard InChI is InChI=1S/C17H23N3O/c1-13(17(2,3)4)12-16(21)19-14-6-8-15(9-7-14)20-11-5-10-18-20/h5-11,13H,12H2,1-4H3,(H,19,21). The lowest BCUT2D eigenvalue weighted by Gasteiger charge is -2.26. The van der Waals surface area contributed by atoms with Crippen LogP contribution >= 0.6 is 0 Å². The molecule has 0 aliphatic rings. The van der Waals surface area contributed by atoms with Crippen LogP contribution in [0.15, 0.2) is 42.7 Å². The molecule has 4 nitrogen and oxygen atoms in total. The molecule has 0 spiro atoms. The Morgan fingerprint density at radius 2 is 1.95 bits per heavy atom. The molecule has 1 amide bonds. The van der Waals surface area contributed by atoms with Crippen molar-refractivity contribution >= 4 is 11.6 Å². The van der Waals surface area contributed by atoms with Gasteiger partial charge in [-0.15, -0.1) is 0 Å². The molecule has 0 aliphatic heterocycles. The number of aromatic nitrogens is 2. The van der Waals surface area contributed by atoms with Crippen LogP contribution < -0.4 is 5.32 Å². The molecule has 0 aliphatic carbocycles.